The number of piperazine rings is 1. The third-order valence-electron chi connectivity index (χ3n) is 4.09. The van der Waals surface area contributed by atoms with Crippen molar-refractivity contribution in [1.82, 2.24) is 9.80 Å². The van der Waals surface area contributed by atoms with E-state index in [1.165, 1.54) is 5.56 Å². The average molecular weight is 363 g/mol. The number of aliphatic hydroxyl groups is 1. The number of aliphatic hydroxyl groups excluding tert-OH is 1. The van der Waals surface area contributed by atoms with E-state index in [1.807, 2.05) is 0 Å². The van der Waals surface area contributed by atoms with Crippen LogP contribution in [0.5, 0.6) is 5.75 Å². The molecule has 0 bridgehead atoms. The summed E-state index contributed by atoms with van der Waals surface area (Å²) in [5, 5.41) is 10.2. The number of rotatable bonds is 5. The van der Waals surface area contributed by atoms with Gasteiger partial charge in [-0.1, -0.05) is 17.7 Å². The van der Waals surface area contributed by atoms with Gasteiger partial charge in [-0.05, 0) is 38.9 Å². The highest BCUT2D eigenvalue weighted by molar-refractivity contribution is 5.42. The topological polar surface area (TPSA) is 35.9 Å². The van der Waals surface area contributed by atoms with Crippen molar-refractivity contribution >= 4 is 0 Å². The first-order chi connectivity index (χ1) is 9.95. The number of nitrogens with zero attached hydrogens (tertiary/aromatic N) is 2. The van der Waals surface area contributed by atoms with Crippen LogP contribution in [0.1, 0.15) is 16.7 Å². The zero-order valence-corrected chi connectivity index (χ0v) is 16.0. The van der Waals surface area contributed by atoms with Gasteiger partial charge in [-0.15, -0.1) is 0 Å². The Morgan fingerprint density at radius 1 is 1.04 bits per heavy atom. The molecule has 1 aromatic rings. The van der Waals surface area contributed by atoms with Gasteiger partial charge in [0, 0.05) is 32.7 Å². The molecule has 0 amide bonds. The summed E-state index contributed by atoms with van der Waals surface area (Å²) in [6.07, 6.45) is -0.437. The van der Waals surface area contributed by atoms with Crippen molar-refractivity contribution in [3.8, 4) is 5.75 Å². The molecule has 6 heteroatoms. The van der Waals surface area contributed by atoms with Crippen molar-refractivity contribution in [3.63, 3.8) is 0 Å². The molecule has 1 aliphatic heterocycles. The van der Waals surface area contributed by atoms with Crippen LogP contribution in [0.4, 0.5) is 0 Å². The second-order valence-electron chi connectivity index (χ2n) is 6.30. The molecule has 1 saturated heterocycles. The van der Waals surface area contributed by atoms with Gasteiger partial charge < -0.3 is 39.6 Å². The van der Waals surface area contributed by atoms with Crippen LogP contribution < -0.4 is 29.6 Å². The monoisotopic (exact) mass is 362 g/mol. The van der Waals surface area contributed by atoms with Crippen molar-refractivity contribution in [2.24, 2.45) is 0 Å². The fourth-order valence-electron chi connectivity index (χ4n) is 2.96. The van der Waals surface area contributed by atoms with Crippen LogP contribution in [0.3, 0.4) is 0 Å². The number of hydrogen-bond donors (Lipinski definition) is 1. The normalized spacial score (nSPS) is 17.1. The van der Waals surface area contributed by atoms with Crippen LogP contribution in [0.25, 0.3) is 0 Å². The largest absolute Gasteiger partial charge is 1.00 e. The van der Waals surface area contributed by atoms with Crippen molar-refractivity contribution < 1.29 is 34.7 Å². The van der Waals surface area contributed by atoms with Crippen molar-refractivity contribution in [2.45, 2.75) is 26.9 Å². The lowest BCUT2D eigenvalue weighted by Crippen LogP contribution is -3.00. The highest BCUT2D eigenvalue weighted by Gasteiger charge is 2.17. The van der Waals surface area contributed by atoms with Gasteiger partial charge in [-0.3, -0.25) is 4.90 Å². The summed E-state index contributed by atoms with van der Waals surface area (Å²) in [7, 11) is 2.14. The van der Waals surface area contributed by atoms with Gasteiger partial charge in [0.15, 0.2) is 0 Å². The molecule has 1 aromatic carbocycles. The summed E-state index contributed by atoms with van der Waals surface area (Å²) in [6, 6.07) is 4.24. The number of β-amino-alcohol motifs (C(OH)–C–C–N with tert-alkyl or cyclic N) is 1. The number of likely N-dealkylation sites (N-methyl/N-ethyl adjacent to an activating group) is 1. The molecular weight excluding hydrogens is 335 g/mol. The molecule has 0 aromatic heterocycles. The lowest BCUT2D eigenvalue weighted by Gasteiger charge is -2.33. The summed E-state index contributed by atoms with van der Waals surface area (Å²) in [4.78, 5) is 4.63. The van der Waals surface area contributed by atoms with Crippen LogP contribution in [-0.4, -0.2) is 67.4 Å². The maximum absolute atomic E-state index is 10.2. The van der Waals surface area contributed by atoms with Crippen molar-refractivity contribution in [2.75, 3.05) is 46.4 Å². The molecule has 1 unspecified atom stereocenters. The van der Waals surface area contributed by atoms with E-state index in [-0.39, 0.29) is 24.8 Å². The molecule has 1 heterocycles. The molecular formula is C17H28Cl2N2O2-2. The van der Waals surface area contributed by atoms with E-state index in [0.717, 1.165) is 43.1 Å². The Morgan fingerprint density at radius 2 is 1.57 bits per heavy atom. The number of aryl methyl sites for hydroxylation is 3. The Bertz CT molecular complexity index is 455. The second-order valence-corrected chi connectivity index (χ2v) is 6.30. The Kier molecular flexibility index (Phi) is 10.1. The molecule has 4 nitrogen and oxygen atoms in total. The molecule has 1 fully saturated rings. The summed E-state index contributed by atoms with van der Waals surface area (Å²) in [6.45, 7) is 11.4. The average Bonchev–Trinajstić information content (AvgIpc) is 2.40. The first-order valence-electron chi connectivity index (χ1n) is 7.75. The van der Waals surface area contributed by atoms with Gasteiger partial charge in [0.2, 0.25) is 0 Å². The first-order valence-corrected chi connectivity index (χ1v) is 7.75. The number of hydrogen-bond acceptors (Lipinski definition) is 4. The Labute approximate surface area is 152 Å². The standard InChI is InChI=1S/C17H28N2O2.2ClH/c1-13-9-14(2)17(15(3)10-13)21-12-16(20)11-19-7-5-18(4)6-8-19;;/h9-10,16,20H,5-8,11-12H2,1-4H3;2*1H/p-2. The SMILES string of the molecule is Cc1cc(C)c(OCC(O)CN2CCN(C)CC2)c(C)c1.[Cl-].[Cl-]. The van der Waals surface area contributed by atoms with E-state index in [1.54, 1.807) is 0 Å². The van der Waals surface area contributed by atoms with E-state index < -0.39 is 6.10 Å². The maximum atomic E-state index is 10.2. The van der Waals surface area contributed by atoms with E-state index in [0.29, 0.717) is 13.2 Å². The molecule has 134 valence electrons. The highest BCUT2D eigenvalue weighted by atomic mass is 35.5. The number of halogens is 2. The molecule has 1 atom stereocenters. The minimum atomic E-state index is -0.437. The third kappa shape index (κ3) is 6.86. The van der Waals surface area contributed by atoms with Gasteiger partial charge in [0.1, 0.15) is 18.5 Å². The quantitative estimate of drug-likeness (QED) is 0.574. The van der Waals surface area contributed by atoms with Crippen LogP contribution >= 0.6 is 0 Å². The minimum absolute atomic E-state index is 0. The Balaban J connectivity index is 0.00000242. The summed E-state index contributed by atoms with van der Waals surface area (Å²) >= 11 is 0. The first kappa shape index (κ1) is 22.5. The maximum Gasteiger partial charge on any atom is 0.125 e. The van der Waals surface area contributed by atoms with E-state index in [4.69, 9.17) is 4.74 Å². The highest BCUT2D eigenvalue weighted by Crippen LogP contribution is 2.24. The van der Waals surface area contributed by atoms with Crippen LogP contribution in [0.2, 0.25) is 0 Å². The van der Waals surface area contributed by atoms with Crippen molar-refractivity contribution in [3.05, 3.63) is 28.8 Å². The van der Waals surface area contributed by atoms with Crippen LogP contribution in [0, 0.1) is 20.8 Å². The summed E-state index contributed by atoms with van der Waals surface area (Å²) < 4.78 is 5.86. The predicted molar refractivity (Wildman–Crippen MR) is 86.1 cm³/mol. The molecule has 0 aliphatic carbocycles. The lowest BCUT2D eigenvalue weighted by atomic mass is 10.1. The van der Waals surface area contributed by atoms with Gasteiger partial charge in [0.25, 0.3) is 0 Å². The minimum Gasteiger partial charge on any atom is -1.00 e. The lowest BCUT2D eigenvalue weighted by molar-refractivity contribution is -0.001000. The zero-order chi connectivity index (χ0) is 15.4. The smallest absolute Gasteiger partial charge is 0.125 e. The summed E-state index contributed by atoms with van der Waals surface area (Å²) in [5.41, 5.74) is 3.52. The Morgan fingerprint density at radius 3 is 2.09 bits per heavy atom. The fraction of sp³-hybridized carbons (Fsp3) is 0.647. The fourth-order valence-corrected chi connectivity index (χ4v) is 2.96. The molecule has 23 heavy (non-hydrogen) atoms. The van der Waals surface area contributed by atoms with E-state index in [2.05, 4.69) is 49.8 Å². The van der Waals surface area contributed by atoms with Crippen LogP contribution in [0.15, 0.2) is 12.1 Å². The molecule has 1 N–H and O–H groups in total. The number of ether oxygens (including phenoxy) is 1. The van der Waals surface area contributed by atoms with Gasteiger partial charge in [-0.2, -0.15) is 0 Å². The third-order valence-corrected chi connectivity index (χ3v) is 4.09. The second kappa shape index (κ2) is 10.4. The van der Waals surface area contributed by atoms with Gasteiger partial charge >= 0.3 is 0 Å². The summed E-state index contributed by atoms with van der Waals surface area (Å²) in [5.74, 6) is 0.915. The van der Waals surface area contributed by atoms with Crippen LogP contribution in [-0.2, 0) is 0 Å². The molecule has 0 radical (unpaired) electrons. The predicted octanol–water partition coefficient (Wildman–Crippen LogP) is -4.39. The van der Waals surface area contributed by atoms with Gasteiger partial charge in [-0.25, -0.2) is 0 Å². The number of benzene rings is 1. The molecule has 0 spiro atoms. The van der Waals surface area contributed by atoms with Crippen molar-refractivity contribution in [1.29, 1.82) is 0 Å². The molecule has 0 saturated carbocycles. The van der Waals surface area contributed by atoms with Gasteiger partial charge in [0.05, 0.1) is 0 Å². The molecule has 1 aliphatic rings. The van der Waals surface area contributed by atoms with E-state index in [9.17, 15) is 5.11 Å². The van der Waals surface area contributed by atoms with E-state index >= 15 is 0 Å². The molecule has 2 rings (SSSR count). The zero-order valence-electron chi connectivity index (χ0n) is 14.5. The Hall–Kier alpha value is -0.520.